The SMILES string of the molecule is NCc1csc(N2CCN(C3CC3)CC2)n1. The van der Waals surface area contributed by atoms with Crippen LogP contribution in [0, 0.1) is 0 Å². The molecular weight excluding hydrogens is 220 g/mol. The van der Waals surface area contributed by atoms with Crippen LogP contribution in [0.3, 0.4) is 0 Å². The highest BCUT2D eigenvalue weighted by molar-refractivity contribution is 7.13. The van der Waals surface area contributed by atoms with Crippen molar-refractivity contribution in [1.82, 2.24) is 9.88 Å². The highest BCUT2D eigenvalue weighted by Gasteiger charge is 2.31. The lowest BCUT2D eigenvalue weighted by atomic mass is 10.3. The van der Waals surface area contributed by atoms with Gasteiger partial charge in [-0.15, -0.1) is 11.3 Å². The van der Waals surface area contributed by atoms with Crippen molar-refractivity contribution >= 4 is 16.5 Å². The molecular formula is C11H18N4S. The lowest BCUT2D eigenvalue weighted by Crippen LogP contribution is -2.47. The predicted octanol–water partition coefficient (Wildman–Crippen LogP) is 0.886. The van der Waals surface area contributed by atoms with Crippen molar-refractivity contribution in [1.29, 1.82) is 0 Å². The molecule has 1 aromatic heterocycles. The number of thiazole rings is 1. The summed E-state index contributed by atoms with van der Waals surface area (Å²) in [4.78, 5) is 9.55. The van der Waals surface area contributed by atoms with Crippen LogP contribution in [-0.4, -0.2) is 42.1 Å². The molecule has 0 amide bonds. The number of nitrogens with two attached hydrogens (primary N) is 1. The highest BCUT2D eigenvalue weighted by Crippen LogP contribution is 2.29. The third-order valence-corrected chi connectivity index (χ3v) is 4.35. The Morgan fingerprint density at radius 2 is 2.06 bits per heavy atom. The van der Waals surface area contributed by atoms with E-state index in [0.29, 0.717) is 6.54 Å². The number of hydrogen-bond acceptors (Lipinski definition) is 5. The molecule has 0 spiro atoms. The van der Waals surface area contributed by atoms with Crippen LogP contribution < -0.4 is 10.6 Å². The number of piperazine rings is 1. The van der Waals surface area contributed by atoms with Gasteiger partial charge in [-0.25, -0.2) is 4.98 Å². The first-order valence-electron chi connectivity index (χ1n) is 6.00. The first-order valence-corrected chi connectivity index (χ1v) is 6.88. The zero-order valence-corrected chi connectivity index (χ0v) is 10.2. The highest BCUT2D eigenvalue weighted by atomic mass is 32.1. The molecule has 2 heterocycles. The lowest BCUT2D eigenvalue weighted by Gasteiger charge is -2.34. The molecule has 5 heteroatoms. The average Bonchev–Trinajstić information content (AvgIpc) is 3.07. The van der Waals surface area contributed by atoms with Crippen LogP contribution in [0.4, 0.5) is 5.13 Å². The molecule has 0 unspecified atom stereocenters. The molecule has 1 aliphatic carbocycles. The van der Waals surface area contributed by atoms with Gasteiger partial charge in [-0.2, -0.15) is 0 Å². The Kier molecular flexibility index (Phi) is 2.83. The van der Waals surface area contributed by atoms with Gasteiger partial charge in [0.15, 0.2) is 5.13 Å². The first kappa shape index (κ1) is 10.5. The number of rotatable bonds is 3. The van der Waals surface area contributed by atoms with E-state index in [1.807, 2.05) is 0 Å². The fourth-order valence-corrected chi connectivity index (χ4v) is 3.15. The van der Waals surface area contributed by atoms with Gasteiger partial charge >= 0.3 is 0 Å². The standard InChI is InChI=1S/C11H18N4S/c12-7-9-8-16-11(13-9)15-5-3-14(4-6-15)10-1-2-10/h8,10H,1-7,12H2. The molecule has 1 aliphatic heterocycles. The second-order valence-corrected chi connectivity index (χ2v) is 5.42. The van der Waals surface area contributed by atoms with Gasteiger partial charge in [-0.05, 0) is 12.8 Å². The van der Waals surface area contributed by atoms with E-state index in [9.17, 15) is 0 Å². The predicted molar refractivity (Wildman–Crippen MR) is 66.8 cm³/mol. The first-order chi connectivity index (χ1) is 7.86. The molecule has 0 aromatic carbocycles. The van der Waals surface area contributed by atoms with Crippen LogP contribution in [0.15, 0.2) is 5.38 Å². The Morgan fingerprint density at radius 1 is 1.31 bits per heavy atom. The summed E-state index contributed by atoms with van der Waals surface area (Å²) in [5, 5.41) is 3.22. The Bertz CT molecular complexity index is 353. The van der Waals surface area contributed by atoms with E-state index in [-0.39, 0.29) is 0 Å². The summed E-state index contributed by atoms with van der Waals surface area (Å²) >= 11 is 1.72. The minimum atomic E-state index is 0.554. The van der Waals surface area contributed by atoms with Crippen molar-refractivity contribution in [2.24, 2.45) is 5.73 Å². The lowest BCUT2D eigenvalue weighted by molar-refractivity contribution is 0.248. The van der Waals surface area contributed by atoms with Crippen LogP contribution in [0.5, 0.6) is 0 Å². The Balaban J connectivity index is 1.60. The number of hydrogen-bond donors (Lipinski definition) is 1. The summed E-state index contributed by atoms with van der Waals surface area (Å²) in [5.41, 5.74) is 6.60. The number of nitrogens with zero attached hydrogens (tertiary/aromatic N) is 3. The molecule has 2 fully saturated rings. The molecule has 88 valence electrons. The Hall–Kier alpha value is -0.650. The summed E-state index contributed by atoms with van der Waals surface area (Å²) in [6.45, 7) is 5.19. The van der Waals surface area contributed by atoms with E-state index in [0.717, 1.165) is 30.0 Å². The van der Waals surface area contributed by atoms with Crippen LogP contribution >= 0.6 is 11.3 Å². The third kappa shape index (κ3) is 2.07. The minimum Gasteiger partial charge on any atom is -0.346 e. The zero-order valence-electron chi connectivity index (χ0n) is 9.43. The van der Waals surface area contributed by atoms with Gasteiger partial charge in [0.25, 0.3) is 0 Å². The summed E-state index contributed by atoms with van der Waals surface area (Å²) in [6.07, 6.45) is 2.82. The maximum atomic E-state index is 5.58. The molecule has 16 heavy (non-hydrogen) atoms. The Labute approximate surface area is 100 Å². The van der Waals surface area contributed by atoms with Gasteiger partial charge in [-0.3, -0.25) is 4.90 Å². The molecule has 1 saturated heterocycles. The van der Waals surface area contributed by atoms with Crippen LogP contribution in [0.1, 0.15) is 18.5 Å². The van der Waals surface area contributed by atoms with Crippen LogP contribution in [0.2, 0.25) is 0 Å². The molecule has 0 bridgehead atoms. The smallest absolute Gasteiger partial charge is 0.185 e. The molecule has 0 radical (unpaired) electrons. The molecule has 3 rings (SSSR count). The third-order valence-electron chi connectivity index (χ3n) is 3.40. The molecule has 2 aliphatic rings. The molecule has 0 atom stereocenters. The number of aromatic nitrogens is 1. The fraction of sp³-hybridized carbons (Fsp3) is 0.727. The van der Waals surface area contributed by atoms with Crippen LogP contribution in [-0.2, 0) is 6.54 Å². The van der Waals surface area contributed by atoms with Crippen molar-refractivity contribution in [2.45, 2.75) is 25.4 Å². The van der Waals surface area contributed by atoms with E-state index in [4.69, 9.17) is 5.73 Å². The van der Waals surface area contributed by atoms with E-state index < -0.39 is 0 Å². The van der Waals surface area contributed by atoms with Gasteiger partial charge in [0, 0.05) is 44.1 Å². The topological polar surface area (TPSA) is 45.4 Å². The molecule has 2 N–H and O–H groups in total. The normalized spacial score (nSPS) is 22.7. The maximum Gasteiger partial charge on any atom is 0.185 e. The van der Waals surface area contributed by atoms with Crippen molar-refractivity contribution in [3.05, 3.63) is 11.1 Å². The summed E-state index contributed by atoms with van der Waals surface area (Å²) < 4.78 is 0. The van der Waals surface area contributed by atoms with Gasteiger partial charge in [0.2, 0.25) is 0 Å². The van der Waals surface area contributed by atoms with E-state index in [1.165, 1.54) is 25.9 Å². The minimum absolute atomic E-state index is 0.554. The van der Waals surface area contributed by atoms with Crippen molar-refractivity contribution in [2.75, 3.05) is 31.1 Å². The maximum absolute atomic E-state index is 5.58. The number of anilines is 1. The van der Waals surface area contributed by atoms with Crippen molar-refractivity contribution < 1.29 is 0 Å². The fourth-order valence-electron chi connectivity index (χ4n) is 2.25. The second-order valence-electron chi connectivity index (χ2n) is 4.58. The molecule has 1 aromatic rings. The largest absolute Gasteiger partial charge is 0.346 e. The summed E-state index contributed by atoms with van der Waals surface area (Å²) in [5.74, 6) is 0. The van der Waals surface area contributed by atoms with Gasteiger partial charge < -0.3 is 10.6 Å². The van der Waals surface area contributed by atoms with E-state index in [2.05, 4.69) is 20.2 Å². The molecule has 4 nitrogen and oxygen atoms in total. The second kappa shape index (κ2) is 4.31. The zero-order chi connectivity index (χ0) is 11.0. The van der Waals surface area contributed by atoms with Crippen LogP contribution in [0.25, 0.3) is 0 Å². The quantitative estimate of drug-likeness (QED) is 0.849. The summed E-state index contributed by atoms with van der Waals surface area (Å²) in [7, 11) is 0. The van der Waals surface area contributed by atoms with Gasteiger partial charge in [0.05, 0.1) is 5.69 Å². The molecule has 1 saturated carbocycles. The van der Waals surface area contributed by atoms with E-state index in [1.54, 1.807) is 11.3 Å². The summed E-state index contributed by atoms with van der Waals surface area (Å²) in [6, 6.07) is 0.901. The Morgan fingerprint density at radius 3 is 2.62 bits per heavy atom. The van der Waals surface area contributed by atoms with Crippen molar-refractivity contribution in [3.8, 4) is 0 Å². The average molecular weight is 238 g/mol. The van der Waals surface area contributed by atoms with Gasteiger partial charge in [0.1, 0.15) is 0 Å². The van der Waals surface area contributed by atoms with Gasteiger partial charge in [-0.1, -0.05) is 0 Å². The monoisotopic (exact) mass is 238 g/mol. The van der Waals surface area contributed by atoms with Crippen molar-refractivity contribution in [3.63, 3.8) is 0 Å². The van der Waals surface area contributed by atoms with E-state index >= 15 is 0 Å².